The summed E-state index contributed by atoms with van der Waals surface area (Å²) in [5.74, 6) is 0. The van der Waals surface area contributed by atoms with Crippen molar-refractivity contribution in [1.29, 1.82) is 0 Å². The molecule has 320 valence electrons. The summed E-state index contributed by atoms with van der Waals surface area (Å²) in [4.78, 5) is 0. The van der Waals surface area contributed by atoms with Crippen molar-refractivity contribution in [3.05, 3.63) is 0 Å². The predicted molar refractivity (Wildman–Crippen MR) is 163 cm³/mol. The molecular formula is C30H50O25. The fraction of sp³-hybridized carbons (Fsp3) is 1.00. The van der Waals surface area contributed by atoms with Gasteiger partial charge < -0.3 is 124 Å². The number of rotatable bonds is 11. The molecule has 0 saturated carbocycles. The molecule has 24 atom stereocenters. The van der Waals surface area contributed by atoms with Gasteiger partial charge in [-0.05, 0) is 0 Å². The lowest BCUT2D eigenvalue weighted by Crippen LogP contribution is -2.64. The largest absolute Gasteiger partial charge is 0.394 e. The summed E-state index contributed by atoms with van der Waals surface area (Å²) >= 11 is 0. The van der Waals surface area contributed by atoms with Crippen molar-refractivity contribution >= 4 is 0 Å². The van der Waals surface area contributed by atoms with Gasteiger partial charge in [-0.2, -0.15) is 0 Å². The molecule has 0 aromatic heterocycles. The van der Waals surface area contributed by atoms with Gasteiger partial charge in [0.1, 0.15) is 110 Å². The van der Waals surface area contributed by atoms with Crippen LogP contribution >= 0.6 is 0 Å². The van der Waals surface area contributed by atoms with Crippen LogP contribution in [0, 0.1) is 0 Å². The van der Waals surface area contributed by atoms with E-state index < -0.39 is 187 Å². The first-order chi connectivity index (χ1) is 26.1. The van der Waals surface area contributed by atoms with Crippen molar-refractivity contribution in [2.24, 2.45) is 0 Å². The molecular weight excluding hydrogens is 760 g/mol. The molecule has 25 nitrogen and oxygen atoms in total. The Morgan fingerprint density at radius 3 is 1.27 bits per heavy atom. The Bertz CT molecular complexity index is 1210. The van der Waals surface area contributed by atoms with E-state index in [1.165, 1.54) is 0 Å². The summed E-state index contributed by atoms with van der Waals surface area (Å²) in [6.07, 6.45) is -38.6. The normalized spacial score (nSPS) is 54.0. The van der Waals surface area contributed by atoms with Gasteiger partial charge in [-0.25, -0.2) is 0 Å². The Kier molecular flexibility index (Phi) is 14.7. The summed E-state index contributed by atoms with van der Waals surface area (Å²) in [5.41, 5.74) is 0. The zero-order valence-electron chi connectivity index (χ0n) is 28.9. The van der Waals surface area contributed by atoms with Gasteiger partial charge in [0.2, 0.25) is 0 Å². The van der Waals surface area contributed by atoms with E-state index in [4.69, 9.17) is 52.1 Å². The molecule has 0 radical (unpaired) electrons. The second-order valence-corrected chi connectivity index (χ2v) is 14.0. The van der Waals surface area contributed by atoms with Gasteiger partial charge in [0.05, 0.1) is 39.6 Å². The quantitative estimate of drug-likeness (QED) is 0.0921. The minimum absolute atomic E-state index is 0.392. The summed E-state index contributed by atoms with van der Waals surface area (Å²) in [6, 6.07) is 0. The van der Waals surface area contributed by atoms with E-state index in [1.807, 2.05) is 0 Å². The molecule has 6 fully saturated rings. The first-order valence-electron chi connectivity index (χ1n) is 17.6. The first kappa shape index (κ1) is 43.6. The lowest BCUT2D eigenvalue weighted by molar-refractivity contribution is -0.372. The van der Waals surface area contributed by atoms with Crippen molar-refractivity contribution in [2.75, 3.05) is 39.6 Å². The molecule has 25 heteroatoms. The van der Waals surface area contributed by atoms with Crippen LogP contribution in [-0.2, 0) is 52.1 Å². The molecule has 6 aliphatic heterocycles. The lowest BCUT2D eigenvalue weighted by atomic mass is 10.0. The Balaban J connectivity index is 1.09. The van der Waals surface area contributed by atoms with Gasteiger partial charge in [0.25, 0.3) is 0 Å². The standard InChI is InChI=1S/C30H50O25/c31-1-8-14(34)22(42)30(50-8)55-24-12(54-28-21(41)16(36)10(4-48-28)52-26-19(39)13(33)7(32)2-46-26)6-49-29(23(24)43)53-11-5-47-27(20(40)17(11)37)51-9-3-45-25(44)18(38)15(9)35/h7-44H,1-6H2/t7-,8+,9-,10-,11-,12-,13+,14+,15+,16+,17+,18-,19-,20-,21-,22-,23-,24+,25?,26+,27+,28+,29+,30+/m1/s1. The van der Waals surface area contributed by atoms with Crippen LogP contribution in [0.4, 0.5) is 0 Å². The van der Waals surface area contributed by atoms with E-state index in [9.17, 15) is 71.5 Å². The molecule has 1 unspecified atom stereocenters. The van der Waals surface area contributed by atoms with Crippen LogP contribution in [0.3, 0.4) is 0 Å². The van der Waals surface area contributed by atoms with Gasteiger partial charge in [0, 0.05) is 0 Å². The average molecular weight is 811 g/mol. The van der Waals surface area contributed by atoms with Crippen molar-refractivity contribution in [3.63, 3.8) is 0 Å². The molecule has 14 N–H and O–H groups in total. The minimum atomic E-state index is -1.89. The maximum Gasteiger partial charge on any atom is 0.187 e. The van der Waals surface area contributed by atoms with Gasteiger partial charge >= 0.3 is 0 Å². The fourth-order valence-electron chi connectivity index (χ4n) is 6.80. The molecule has 6 rings (SSSR count). The lowest BCUT2D eigenvalue weighted by Gasteiger charge is -2.46. The zero-order chi connectivity index (χ0) is 39.9. The maximum absolute atomic E-state index is 11.4. The topological polar surface area (TPSA) is 385 Å². The average Bonchev–Trinajstić information content (AvgIpc) is 3.44. The van der Waals surface area contributed by atoms with Gasteiger partial charge in [0.15, 0.2) is 37.7 Å². The third-order valence-electron chi connectivity index (χ3n) is 10.2. The molecule has 6 saturated heterocycles. The van der Waals surface area contributed by atoms with Crippen LogP contribution in [0.5, 0.6) is 0 Å². The van der Waals surface area contributed by atoms with Gasteiger partial charge in [-0.3, -0.25) is 0 Å². The Labute approximate surface area is 311 Å². The minimum Gasteiger partial charge on any atom is -0.394 e. The highest BCUT2D eigenvalue weighted by molar-refractivity contribution is 4.95. The van der Waals surface area contributed by atoms with E-state index in [0.717, 1.165) is 0 Å². The smallest absolute Gasteiger partial charge is 0.187 e. The Morgan fingerprint density at radius 1 is 0.364 bits per heavy atom. The highest BCUT2D eigenvalue weighted by Crippen LogP contribution is 2.33. The molecule has 0 amide bonds. The fourth-order valence-corrected chi connectivity index (χ4v) is 6.80. The van der Waals surface area contributed by atoms with Crippen LogP contribution in [0.2, 0.25) is 0 Å². The molecule has 6 aliphatic rings. The zero-order valence-corrected chi connectivity index (χ0v) is 28.9. The monoisotopic (exact) mass is 810 g/mol. The first-order valence-corrected chi connectivity index (χ1v) is 17.6. The molecule has 0 aromatic carbocycles. The van der Waals surface area contributed by atoms with E-state index in [2.05, 4.69) is 0 Å². The second kappa shape index (κ2) is 18.5. The summed E-state index contributed by atoms with van der Waals surface area (Å²) < 4.78 is 60.5. The molecule has 0 aliphatic carbocycles. The maximum atomic E-state index is 11.4. The Morgan fingerprint density at radius 2 is 0.764 bits per heavy atom. The van der Waals surface area contributed by atoms with Crippen LogP contribution in [0.15, 0.2) is 0 Å². The molecule has 55 heavy (non-hydrogen) atoms. The summed E-state index contributed by atoms with van der Waals surface area (Å²) in [6.45, 7) is -3.00. The van der Waals surface area contributed by atoms with Crippen molar-refractivity contribution < 1.29 is 124 Å². The number of hydrogen-bond acceptors (Lipinski definition) is 25. The van der Waals surface area contributed by atoms with Crippen molar-refractivity contribution in [3.8, 4) is 0 Å². The SMILES string of the molecule is OC[C@@H]1O[C@@H](O[C@@H]2[C@@H](O)[C@H](O[C@@H]3CO[C@@H](O[C@@H]4COC(O)[C@H](O)[C@H]4O)[C@H](O)[C@H]3O)OC[C@H]2O[C@@H]2OC[C@@H](O[C@@H]3OC[C@@H](O)[C@H](O)[C@H]3O)[C@H](O)[C@H]2O)[C@H](O)[C@H]1O. The van der Waals surface area contributed by atoms with Crippen molar-refractivity contribution in [2.45, 2.75) is 148 Å². The van der Waals surface area contributed by atoms with Crippen molar-refractivity contribution in [1.82, 2.24) is 0 Å². The van der Waals surface area contributed by atoms with Gasteiger partial charge in [-0.1, -0.05) is 0 Å². The molecule has 0 bridgehead atoms. The third-order valence-corrected chi connectivity index (χ3v) is 10.2. The summed E-state index contributed by atoms with van der Waals surface area (Å²) in [7, 11) is 0. The van der Waals surface area contributed by atoms with E-state index >= 15 is 0 Å². The number of aliphatic hydroxyl groups excluding tert-OH is 14. The third kappa shape index (κ3) is 9.26. The highest BCUT2D eigenvalue weighted by atomic mass is 16.8. The molecule has 0 spiro atoms. The van der Waals surface area contributed by atoms with Crippen LogP contribution < -0.4 is 0 Å². The Hall–Kier alpha value is -1.00. The van der Waals surface area contributed by atoms with Crippen LogP contribution in [-0.4, -0.2) is 259 Å². The van der Waals surface area contributed by atoms with E-state index in [1.54, 1.807) is 0 Å². The predicted octanol–water partition coefficient (Wildman–Crippen LogP) is -10.3. The molecule has 6 heterocycles. The van der Waals surface area contributed by atoms with E-state index in [-0.39, 0.29) is 0 Å². The van der Waals surface area contributed by atoms with Crippen LogP contribution in [0.1, 0.15) is 0 Å². The van der Waals surface area contributed by atoms with E-state index in [0.29, 0.717) is 0 Å². The second-order valence-electron chi connectivity index (χ2n) is 14.0. The number of hydrogen-bond donors (Lipinski definition) is 14. The summed E-state index contributed by atoms with van der Waals surface area (Å²) in [5, 5.41) is 145. The molecule has 0 aromatic rings. The number of aliphatic hydroxyl groups is 14. The van der Waals surface area contributed by atoms with Crippen LogP contribution in [0.25, 0.3) is 0 Å². The highest BCUT2D eigenvalue weighted by Gasteiger charge is 2.53. The van der Waals surface area contributed by atoms with Gasteiger partial charge in [-0.15, -0.1) is 0 Å². The number of ether oxygens (including phenoxy) is 11.